The molecule has 0 aliphatic carbocycles. The van der Waals surface area contributed by atoms with Crippen LogP contribution in [0.1, 0.15) is 0 Å². The van der Waals surface area contributed by atoms with E-state index in [1.807, 2.05) is 0 Å². The summed E-state index contributed by atoms with van der Waals surface area (Å²) in [7, 11) is 0. The van der Waals surface area contributed by atoms with E-state index in [1.54, 1.807) is 24.6 Å². The van der Waals surface area contributed by atoms with Crippen LogP contribution in [0.4, 0.5) is 0 Å². The number of hydrogen-bond donors (Lipinski definition) is 0. The molecule has 0 spiro atoms. The van der Waals surface area contributed by atoms with Gasteiger partial charge in [0.25, 0.3) is 0 Å². The lowest BCUT2D eigenvalue weighted by molar-refractivity contribution is 0.603. The molecule has 0 fully saturated rings. The Morgan fingerprint density at radius 3 is 2.91 bits per heavy atom. The van der Waals surface area contributed by atoms with Crippen LogP contribution >= 0.6 is 24.0 Å². The molecule has 0 unspecified atom stereocenters. The summed E-state index contributed by atoms with van der Waals surface area (Å²) >= 11 is 5.80. The van der Waals surface area contributed by atoms with Crippen LogP contribution in [-0.4, -0.2) is 4.98 Å². The van der Waals surface area contributed by atoms with Crippen LogP contribution in [0.3, 0.4) is 0 Å². The summed E-state index contributed by atoms with van der Waals surface area (Å²) < 4.78 is 5.00. The van der Waals surface area contributed by atoms with E-state index in [-0.39, 0.29) is 12.4 Å². The third kappa shape index (κ3) is 1.32. The van der Waals surface area contributed by atoms with Crippen molar-refractivity contribution in [2.75, 3.05) is 0 Å². The zero-order chi connectivity index (χ0) is 6.97. The van der Waals surface area contributed by atoms with Gasteiger partial charge in [-0.3, -0.25) is 0 Å². The average molecular weight is 190 g/mol. The number of aromatic nitrogens is 1. The summed E-state index contributed by atoms with van der Waals surface area (Å²) in [6.45, 7) is 0. The minimum Gasteiger partial charge on any atom is -0.446 e. The number of fused-ring (bicyclic) bond motifs is 1. The van der Waals surface area contributed by atoms with Gasteiger partial charge in [-0.25, -0.2) is 4.98 Å². The number of pyridine rings is 1. The summed E-state index contributed by atoms with van der Waals surface area (Å²) in [5, 5.41) is 1.54. The summed E-state index contributed by atoms with van der Waals surface area (Å²) in [6.07, 6.45) is 3.19. The highest BCUT2D eigenvalue weighted by molar-refractivity contribution is 6.35. The fourth-order valence-electron chi connectivity index (χ4n) is 0.843. The molecule has 0 N–H and O–H groups in total. The Hall–Kier alpha value is -0.730. The molecule has 58 valence electrons. The van der Waals surface area contributed by atoms with Gasteiger partial charge >= 0.3 is 0 Å². The minimum absolute atomic E-state index is 0. The van der Waals surface area contributed by atoms with E-state index in [4.69, 9.17) is 16.0 Å². The molecule has 0 aromatic carbocycles. The molecule has 2 heterocycles. The van der Waals surface area contributed by atoms with E-state index < -0.39 is 0 Å². The molecule has 0 saturated carbocycles. The fourth-order valence-corrected chi connectivity index (χ4v) is 1.04. The van der Waals surface area contributed by atoms with Gasteiger partial charge in [0.2, 0.25) is 5.71 Å². The molecule has 0 radical (unpaired) electrons. The lowest BCUT2D eigenvalue weighted by Gasteiger charge is -1.87. The molecule has 0 saturated heterocycles. The zero-order valence-corrected chi connectivity index (χ0v) is 7.02. The summed E-state index contributed by atoms with van der Waals surface area (Å²) in [5.41, 5.74) is 0.590. The second-order valence-electron chi connectivity index (χ2n) is 1.93. The molecule has 11 heavy (non-hydrogen) atoms. The molecule has 0 amide bonds. The second kappa shape index (κ2) is 3.11. The van der Waals surface area contributed by atoms with Gasteiger partial charge in [0, 0.05) is 6.20 Å². The van der Waals surface area contributed by atoms with Crippen molar-refractivity contribution in [1.82, 2.24) is 4.98 Å². The van der Waals surface area contributed by atoms with Crippen LogP contribution in [0.2, 0.25) is 5.02 Å². The Morgan fingerprint density at radius 2 is 2.18 bits per heavy atom. The largest absolute Gasteiger partial charge is 0.446 e. The minimum atomic E-state index is 0. The Labute approximate surface area is 74.6 Å². The molecule has 2 aromatic heterocycles. The molecule has 0 bridgehead atoms. The third-order valence-corrected chi connectivity index (χ3v) is 1.64. The highest BCUT2D eigenvalue weighted by Gasteiger charge is 1.99. The van der Waals surface area contributed by atoms with E-state index in [0.717, 1.165) is 5.39 Å². The maximum atomic E-state index is 5.80. The summed E-state index contributed by atoms with van der Waals surface area (Å²) in [4.78, 5) is 3.95. The van der Waals surface area contributed by atoms with E-state index in [9.17, 15) is 0 Å². The SMILES string of the molecule is Cl.Clc1ccnc2occc12. The molecule has 2 rings (SSSR count). The maximum absolute atomic E-state index is 5.80. The number of furan rings is 1. The predicted octanol–water partition coefficient (Wildman–Crippen LogP) is 2.90. The molecule has 0 aliphatic heterocycles. The average Bonchev–Trinajstić information content (AvgIpc) is 2.36. The van der Waals surface area contributed by atoms with Crippen molar-refractivity contribution < 1.29 is 4.42 Å². The van der Waals surface area contributed by atoms with Crippen LogP contribution in [-0.2, 0) is 0 Å². The Bertz CT molecular complexity index is 358. The molecule has 0 aliphatic rings. The first kappa shape index (κ1) is 8.37. The lowest BCUT2D eigenvalue weighted by Crippen LogP contribution is -1.70. The lowest BCUT2D eigenvalue weighted by atomic mass is 10.3. The molecular formula is C7H5Cl2NO. The topological polar surface area (TPSA) is 26.0 Å². The first-order chi connectivity index (χ1) is 4.88. The van der Waals surface area contributed by atoms with Gasteiger partial charge in [-0.05, 0) is 12.1 Å². The van der Waals surface area contributed by atoms with E-state index in [2.05, 4.69) is 4.98 Å². The van der Waals surface area contributed by atoms with E-state index in [0.29, 0.717) is 10.7 Å². The fraction of sp³-hybridized carbons (Fsp3) is 0. The van der Waals surface area contributed by atoms with Crippen LogP contribution in [0.5, 0.6) is 0 Å². The standard InChI is InChI=1S/C7H4ClNO.ClH/c8-6-1-3-9-7-5(6)2-4-10-7;/h1-4H;1H. The van der Waals surface area contributed by atoms with Crippen molar-refractivity contribution in [3.8, 4) is 0 Å². The molecule has 2 aromatic rings. The van der Waals surface area contributed by atoms with Crippen molar-refractivity contribution >= 4 is 35.1 Å². The zero-order valence-electron chi connectivity index (χ0n) is 5.45. The van der Waals surface area contributed by atoms with Crippen molar-refractivity contribution in [2.45, 2.75) is 0 Å². The molecule has 0 atom stereocenters. The highest BCUT2D eigenvalue weighted by Crippen LogP contribution is 2.21. The van der Waals surface area contributed by atoms with Gasteiger partial charge in [0.05, 0.1) is 16.7 Å². The Kier molecular flexibility index (Phi) is 2.37. The van der Waals surface area contributed by atoms with Crippen molar-refractivity contribution in [3.63, 3.8) is 0 Å². The van der Waals surface area contributed by atoms with Crippen LogP contribution in [0, 0.1) is 0 Å². The molecule has 2 nitrogen and oxygen atoms in total. The second-order valence-corrected chi connectivity index (χ2v) is 2.34. The van der Waals surface area contributed by atoms with Crippen molar-refractivity contribution in [2.24, 2.45) is 0 Å². The quantitative estimate of drug-likeness (QED) is 0.638. The first-order valence-corrected chi connectivity index (χ1v) is 3.23. The van der Waals surface area contributed by atoms with Gasteiger partial charge < -0.3 is 4.42 Å². The number of hydrogen-bond acceptors (Lipinski definition) is 2. The number of nitrogens with zero attached hydrogens (tertiary/aromatic N) is 1. The van der Waals surface area contributed by atoms with Crippen LogP contribution < -0.4 is 0 Å². The monoisotopic (exact) mass is 189 g/mol. The summed E-state index contributed by atoms with van der Waals surface area (Å²) in [6, 6.07) is 3.53. The van der Waals surface area contributed by atoms with Crippen molar-refractivity contribution in [1.29, 1.82) is 0 Å². The first-order valence-electron chi connectivity index (χ1n) is 2.85. The normalized spacial score (nSPS) is 9.55. The Morgan fingerprint density at radius 1 is 1.36 bits per heavy atom. The van der Waals surface area contributed by atoms with Gasteiger partial charge in [-0.15, -0.1) is 12.4 Å². The van der Waals surface area contributed by atoms with Gasteiger partial charge in [0.1, 0.15) is 0 Å². The van der Waals surface area contributed by atoms with E-state index >= 15 is 0 Å². The van der Waals surface area contributed by atoms with Crippen LogP contribution in [0.15, 0.2) is 29.0 Å². The Balaban J connectivity index is 0.000000605. The highest BCUT2D eigenvalue weighted by atomic mass is 35.5. The van der Waals surface area contributed by atoms with E-state index in [1.165, 1.54) is 0 Å². The van der Waals surface area contributed by atoms with Gasteiger partial charge in [-0.2, -0.15) is 0 Å². The van der Waals surface area contributed by atoms with Crippen molar-refractivity contribution in [3.05, 3.63) is 29.6 Å². The smallest absolute Gasteiger partial charge is 0.227 e. The third-order valence-electron chi connectivity index (χ3n) is 1.31. The van der Waals surface area contributed by atoms with Gasteiger partial charge in [0.15, 0.2) is 0 Å². The predicted molar refractivity (Wildman–Crippen MR) is 46.3 cm³/mol. The summed E-state index contributed by atoms with van der Waals surface area (Å²) in [5.74, 6) is 0. The molecular weight excluding hydrogens is 185 g/mol. The molecule has 4 heteroatoms. The van der Waals surface area contributed by atoms with Crippen LogP contribution in [0.25, 0.3) is 11.1 Å². The number of rotatable bonds is 0. The maximum Gasteiger partial charge on any atom is 0.227 e. The van der Waals surface area contributed by atoms with Gasteiger partial charge in [-0.1, -0.05) is 11.6 Å². The number of halogens is 2.